The Balaban J connectivity index is 0.00000220. The molecule has 0 bridgehead atoms. The number of anilines is 1. The Bertz CT molecular complexity index is 407. The lowest BCUT2D eigenvalue weighted by Gasteiger charge is -2.19. The van der Waals surface area contributed by atoms with Gasteiger partial charge in [-0.3, -0.25) is 4.79 Å². The number of nitrogens with one attached hydrogen (secondary N) is 2. The maximum Gasteiger partial charge on any atom is 0.237 e. The number of para-hydroxylation sites is 1. The van der Waals surface area contributed by atoms with Crippen LogP contribution in [0, 0.1) is 0 Å². The van der Waals surface area contributed by atoms with E-state index in [0.29, 0.717) is 0 Å². The van der Waals surface area contributed by atoms with E-state index in [1.54, 1.807) is 0 Å². The molecule has 1 amide bonds. The molecule has 1 heterocycles. The zero-order valence-electron chi connectivity index (χ0n) is 12.7. The van der Waals surface area contributed by atoms with Crippen molar-refractivity contribution in [3.05, 3.63) is 30.3 Å². The van der Waals surface area contributed by atoms with E-state index in [0.717, 1.165) is 45.3 Å². The third-order valence-corrected chi connectivity index (χ3v) is 3.79. The molecular formula is C16H26ClN3O. The predicted molar refractivity (Wildman–Crippen MR) is 90.2 cm³/mol. The molecule has 2 rings (SSSR count). The molecule has 0 spiro atoms. The zero-order valence-corrected chi connectivity index (χ0v) is 13.5. The van der Waals surface area contributed by atoms with Gasteiger partial charge in [0.2, 0.25) is 5.91 Å². The number of hydrogen-bond acceptors (Lipinski definition) is 3. The molecule has 4 nitrogen and oxygen atoms in total. The second-order valence-corrected chi connectivity index (χ2v) is 5.40. The van der Waals surface area contributed by atoms with Crippen molar-refractivity contribution in [2.24, 2.45) is 0 Å². The van der Waals surface area contributed by atoms with Crippen molar-refractivity contribution in [2.75, 3.05) is 31.6 Å². The average Bonchev–Trinajstić information content (AvgIpc) is 3.01. The minimum Gasteiger partial charge on any atom is -0.375 e. The summed E-state index contributed by atoms with van der Waals surface area (Å²) in [6.45, 7) is 2.77. The molecule has 1 aliphatic rings. The van der Waals surface area contributed by atoms with Crippen LogP contribution in [0.1, 0.15) is 25.7 Å². The van der Waals surface area contributed by atoms with E-state index in [4.69, 9.17) is 0 Å². The molecule has 0 saturated carbocycles. The number of hydrogen-bond donors (Lipinski definition) is 2. The Kier molecular flexibility index (Phi) is 8.16. The van der Waals surface area contributed by atoms with Gasteiger partial charge in [0.1, 0.15) is 0 Å². The summed E-state index contributed by atoms with van der Waals surface area (Å²) < 4.78 is 0. The maximum absolute atomic E-state index is 11.8. The maximum atomic E-state index is 11.8. The van der Waals surface area contributed by atoms with E-state index in [1.807, 2.05) is 6.07 Å². The lowest BCUT2D eigenvalue weighted by molar-refractivity contribution is -0.122. The molecule has 0 radical (unpaired) electrons. The first kappa shape index (κ1) is 17.8. The highest BCUT2D eigenvalue weighted by molar-refractivity contribution is 5.85. The van der Waals surface area contributed by atoms with Gasteiger partial charge >= 0.3 is 0 Å². The van der Waals surface area contributed by atoms with Gasteiger partial charge in [-0.05, 0) is 44.4 Å². The van der Waals surface area contributed by atoms with E-state index in [1.165, 1.54) is 5.69 Å². The highest BCUT2D eigenvalue weighted by Gasteiger charge is 2.20. The van der Waals surface area contributed by atoms with E-state index in [-0.39, 0.29) is 24.4 Å². The van der Waals surface area contributed by atoms with Crippen molar-refractivity contribution in [3.63, 3.8) is 0 Å². The molecule has 0 aliphatic carbocycles. The first-order chi connectivity index (χ1) is 9.77. The van der Waals surface area contributed by atoms with E-state index in [2.05, 4.69) is 46.8 Å². The zero-order chi connectivity index (χ0) is 14.2. The Morgan fingerprint density at radius 3 is 2.76 bits per heavy atom. The Morgan fingerprint density at radius 2 is 2.10 bits per heavy atom. The van der Waals surface area contributed by atoms with Crippen molar-refractivity contribution in [3.8, 4) is 0 Å². The summed E-state index contributed by atoms with van der Waals surface area (Å²) in [5.74, 6) is 0.166. The van der Waals surface area contributed by atoms with Gasteiger partial charge in [0.05, 0.1) is 6.04 Å². The van der Waals surface area contributed by atoms with Crippen molar-refractivity contribution >= 4 is 24.0 Å². The molecule has 2 N–H and O–H groups in total. The van der Waals surface area contributed by atoms with Crippen LogP contribution in [0.5, 0.6) is 0 Å². The van der Waals surface area contributed by atoms with Gasteiger partial charge in [-0.25, -0.2) is 0 Å². The first-order valence-electron chi connectivity index (χ1n) is 7.54. The molecule has 1 fully saturated rings. The van der Waals surface area contributed by atoms with Crippen LogP contribution in [-0.2, 0) is 4.79 Å². The van der Waals surface area contributed by atoms with Crippen molar-refractivity contribution in [1.29, 1.82) is 0 Å². The van der Waals surface area contributed by atoms with Crippen molar-refractivity contribution in [2.45, 2.75) is 31.7 Å². The van der Waals surface area contributed by atoms with E-state index in [9.17, 15) is 4.79 Å². The third kappa shape index (κ3) is 5.94. The highest BCUT2D eigenvalue weighted by atomic mass is 35.5. The topological polar surface area (TPSA) is 44.4 Å². The summed E-state index contributed by atoms with van der Waals surface area (Å²) in [5, 5.41) is 6.23. The molecule has 21 heavy (non-hydrogen) atoms. The number of unbranched alkanes of at least 4 members (excludes halogenated alkanes) is 1. The number of rotatable bonds is 7. The number of amides is 1. The molecule has 1 aromatic carbocycles. The molecule has 5 heteroatoms. The molecule has 118 valence electrons. The average molecular weight is 312 g/mol. The van der Waals surface area contributed by atoms with E-state index < -0.39 is 0 Å². The van der Waals surface area contributed by atoms with E-state index >= 15 is 0 Å². The number of carbonyl (C=O) groups excluding carboxylic acids is 1. The fourth-order valence-electron chi connectivity index (χ4n) is 2.53. The fraction of sp³-hybridized carbons (Fsp3) is 0.562. The van der Waals surface area contributed by atoms with Crippen LogP contribution >= 0.6 is 12.4 Å². The number of halogens is 1. The summed E-state index contributed by atoms with van der Waals surface area (Å²) >= 11 is 0. The molecule has 1 aromatic rings. The summed E-state index contributed by atoms with van der Waals surface area (Å²) in [7, 11) is 2.11. The third-order valence-electron chi connectivity index (χ3n) is 3.79. The van der Waals surface area contributed by atoms with Gasteiger partial charge in [-0.2, -0.15) is 0 Å². The highest BCUT2D eigenvalue weighted by Crippen LogP contribution is 2.11. The van der Waals surface area contributed by atoms with Crippen LogP contribution in [0.3, 0.4) is 0 Å². The number of nitrogens with zero attached hydrogens (tertiary/aromatic N) is 1. The van der Waals surface area contributed by atoms with Crippen LogP contribution in [0.15, 0.2) is 30.3 Å². The lowest BCUT2D eigenvalue weighted by atomic mass is 10.2. The Labute approximate surface area is 133 Å². The molecule has 1 aliphatic heterocycles. The largest absolute Gasteiger partial charge is 0.375 e. The monoisotopic (exact) mass is 311 g/mol. The minimum atomic E-state index is 0. The predicted octanol–water partition coefficient (Wildman–Crippen LogP) is 2.19. The quantitative estimate of drug-likeness (QED) is 0.759. The van der Waals surface area contributed by atoms with Gasteiger partial charge < -0.3 is 15.5 Å². The molecule has 0 aromatic heterocycles. The van der Waals surface area contributed by atoms with Crippen LogP contribution < -0.4 is 15.5 Å². The Hall–Kier alpha value is -1.26. The van der Waals surface area contributed by atoms with Crippen molar-refractivity contribution < 1.29 is 4.79 Å². The SMILES string of the molecule is CN(CCCCNC(=O)[C@@H]1CCCN1)c1ccccc1.Cl. The molecular weight excluding hydrogens is 286 g/mol. The van der Waals surface area contributed by atoms with Crippen LogP contribution in [0.25, 0.3) is 0 Å². The second-order valence-electron chi connectivity index (χ2n) is 5.40. The van der Waals surface area contributed by atoms with Gasteiger partial charge in [0.25, 0.3) is 0 Å². The molecule has 0 unspecified atom stereocenters. The lowest BCUT2D eigenvalue weighted by Crippen LogP contribution is -2.40. The number of benzene rings is 1. The smallest absolute Gasteiger partial charge is 0.237 e. The number of carbonyl (C=O) groups is 1. The van der Waals surface area contributed by atoms with Gasteiger partial charge in [-0.1, -0.05) is 18.2 Å². The summed E-state index contributed by atoms with van der Waals surface area (Å²) in [6.07, 6.45) is 4.20. The second kappa shape index (κ2) is 9.64. The van der Waals surface area contributed by atoms with Gasteiger partial charge in [0.15, 0.2) is 0 Å². The van der Waals surface area contributed by atoms with Gasteiger partial charge in [0, 0.05) is 25.8 Å². The first-order valence-corrected chi connectivity index (χ1v) is 7.54. The van der Waals surface area contributed by atoms with Gasteiger partial charge in [-0.15, -0.1) is 12.4 Å². The summed E-state index contributed by atoms with van der Waals surface area (Å²) in [4.78, 5) is 14.0. The molecule has 1 saturated heterocycles. The Morgan fingerprint density at radius 1 is 1.33 bits per heavy atom. The van der Waals surface area contributed by atoms with Crippen LogP contribution in [0.2, 0.25) is 0 Å². The standard InChI is InChI=1S/C16H25N3O.ClH/c1-19(14-8-3-2-4-9-14)13-6-5-11-18-16(20)15-10-7-12-17-15;/h2-4,8-9,15,17H,5-7,10-13H2,1H3,(H,18,20);1H/t15-;/m0./s1. The normalized spacial score (nSPS) is 17.1. The minimum absolute atomic E-state index is 0. The van der Waals surface area contributed by atoms with Crippen LogP contribution in [-0.4, -0.2) is 38.6 Å². The summed E-state index contributed by atoms with van der Waals surface area (Å²) in [6, 6.07) is 10.4. The van der Waals surface area contributed by atoms with Crippen LogP contribution in [0.4, 0.5) is 5.69 Å². The summed E-state index contributed by atoms with van der Waals surface area (Å²) in [5.41, 5.74) is 1.24. The molecule has 1 atom stereocenters. The fourth-order valence-corrected chi connectivity index (χ4v) is 2.53. The van der Waals surface area contributed by atoms with Crippen molar-refractivity contribution in [1.82, 2.24) is 10.6 Å².